The summed E-state index contributed by atoms with van der Waals surface area (Å²) in [5.41, 5.74) is 2.01. The van der Waals surface area contributed by atoms with Gasteiger partial charge in [-0.25, -0.2) is 9.59 Å². The predicted octanol–water partition coefficient (Wildman–Crippen LogP) is 3.14. The SMILES string of the molecule is CCOC(=O)c1ccc(NC(=O)NC(C)c2ccncc2)cc1. The Morgan fingerprint density at radius 1 is 1.13 bits per heavy atom. The van der Waals surface area contributed by atoms with E-state index < -0.39 is 0 Å². The molecule has 0 aliphatic carbocycles. The molecule has 0 fully saturated rings. The van der Waals surface area contributed by atoms with Crippen molar-refractivity contribution in [3.63, 3.8) is 0 Å². The summed E-state index contributed by atoms with van der Waals surface area (Å²) >= 11 is 0. The summed E-state index contributed by atoms with van der Waals surface area (Å²) in [4.78, 5) is 27.5. The van der Waals surface area contributed by atoms with Crippen LogP contribution >= 0.6 is 0 Å². The average Bonchev–Trinajstić information content (AvgIpc) is 2.56. The van der Waals surface area contributed by atoms with Crippen LogP contribution in [0.1, 0.15) is 35.8 Å². The molecular weight excluding hydrogens is 294 g/mol. The van der Waals surface area contributed by atoms with E-state index in [0.717, 1.165) is 5.56 Å². The van der Waals surface area contributed by atoms with Crippen LogP contribution in [0.25, 0.3) is 0 Å². The first-order chi connectivity index (χ1) is 11.1. The molecule has 2 aromatic rings. The van der Waals surface area contributed by atoms with Gasteiger partial charge in [-0.05, 0) is 55.8 Å². The number of urea groups is 1. The number of amides is 2. The Labute approximate surface area is 134 Å². The van der Waals surface area contributed by atoms with E-state index in [0.29, 0.717) is 17.9 Å². The molecule has 23 heavy (non-hydrogen) atoms. The third-order valence-electron chi connectivity index (χ3n) is 3.21. The van der Waals surface area contributed by atoms with E-state index in [1.807, 2.05) is 19.1 Å². The van der Waals surface area contributed by atoms with Crippen LogP contribution in [0.2, 0.25) is 0 Å². The molecule has 0 bridgehead atoms. The highest BCUT2D eigenvalue weighted by Gasteiger charge is 2.10. The van der Waals surface area contributed by atoms with E-state index in [1.165, 1.54) is 0 Å². The van der Waals surface area contributed by atoms with Crippen LogP contribution in [0.4, 0.5) is 10.5 Å². The quantitative estimate of drug-likeness (QED) is 0.831. The van der Waals surface area contributed by atoms with Crippen molar-refractivity contribution in [3.8, 4) is 0 Å². The summed E-state index contributed by atoms with van der Waals surface area (Å²) < 4.78 is 4.91. The minimum atomic E-state index is -0.380. The van der Waals surface area contributed by atoms with Gasteiger partial charge in [0.2, 0.25) is 0 Å². The number of rotatable bonds is 5. The van der Waals surface area contributed by atoms with E-state index in [1.54, 1.807) is 43.6 Å². The molecule has 1 unspecified atom stereocenters. The summed E-state index contributed by atoms with van der Waals surface area (Å²) in [5.74, 6) is -0.380. The number of benzene rings is 1. The number of esters is 1. The number of nitrogens with zero attached hydrogens (tertiary/aromatic N) is 1. The Morgan fingerprint density at radius 3 is 2.39 bits per heavy atom. The van der Waals surface area contributed by atoms with Gasteiger partial charge in [0.05, 0.1) is 18.2 Å². The number of carbonyl (C=O) groups is 2. The summed E-state index contributed by atoms with van der Waals surface area (Å²) in [6, 6.07) is 9.76. The van der Waals surface area contributed by atoms with E-state index in [9.17, 15) is 9.59 Å². The van der Waals surface area contributed by atoms with Gasteiger partial charge in [0.15, 0.2) is 0 Å². The average molecular weight is 313 g/mol. The van der Waals surface area contributed by atoms with Crippen LogP contribution in [0.3, 0.4) is 0 Å². The number of hydrogen-bond acceptors (Lipinski definition) is 4. The summed E-state index contributed by atoms with van der Waals surface area (Å²) in [6.45, 7) is 3.97. The highest BCUT2D eigenvalue weighted by molar-refractivity contribution is 5.92. The molecular formula is C17H19N3O3. The molecule has 2 N–H and O–H groups in total. The topological polar surface area (TPSA) is 80.3 Å². The zero-order chi connectivity index (χ0) is 16.7. The fraction of sp³-hybridized carbons (Fsp3) is 0.235. The molecule has 2 amide bonds. The lowest BCUT2D eigenvalue weighted by Crippen LogP contribution is -2.31. The van der Waals surface area contributed by atoms with Gasteiger partial charge in [-0.15, -0.1) is 0 Å². The van der Waals surface area contributed by atoms with E-state index in [-0.39, 0.29) is 18.0 Å². The van der Waals surface area contributed by atoms with Crippen molar-refractivity contribution >= 4 is 17.7 Å². The Hall–Kier alpha value is -2.89. The fourth-order valence-electron chi connectivity index (χ4n) is 2.00. The van der Waals surface area contributed by atoms with Crippen molar-refractivity contribution in [1.82, 2.24) is 10.3 Å². The first-order valence-corrected chi connectivity index (χ1v) is 7.34. The van der Waals surface area contributed by atoms with Gasteiger partial charge >= 0.3 is 12.0 Å². The number of pyridine rings is 1. The zero-order valence-electron chi connectivity index (χ0n) is 13.1. The first-order valence-electron chi connectivity index (χ1n) is 7.34. The zero-order valence-corrected chi connectivity index (χ0v) is 13.1. The molecule has 1 heterocycles. The largest absolute Gasteiger partial charge is 0.462 e. The lowest BCUT2D eigenvalue weighted by molar-refractivity contribution is 0.0526. The smallest absolute Gasteiger partial charge is 0.338 e. The van der Waals surface area contributed by atoms with Crippen LogP contribution < -0.4 is 10.6 Å². The Morgan fingerprint density at radius 2 is 1.78 bits per heavy atom. The fourth-order valence-corrected chi connectivity index (χ4v) is 2.00. The Bertz CT molecular complexity index is 657. The highest BCUT2D eigenvalue weighted by Crippen LogP contribution is 2.13. The molecule has 0 aliphatic heterocycles. The van der Waals surface area contributed by atoms with Crippen LogP contribution in [0.15, 0.2) is 48.8 Å². The van der Waals surface area contributed by atoms with Gasteiger partial charge in [0.25, 0.3) is 0 Å². The summed E-state index contributed by atoms with van der Waals surface area (Å²) in [6.07, 6.45) is 3.36. The van der Waals surface area contributed by atoms with Crippen LogP contribution in [0.5, 0.6) is 0 Å². The maximum atomic E-state index is 12.0. The molecule has 0 aliphatic rings. The minimum Gasteiger partial charge on any atom is -0.462 e. The maximum absolute atomic E-state index is 12.0. The molecule has 6 heteroatoms. The minimum absolute atomic E-state index is 0.142. The molecule has 120 valence electrons. The van der Waals surface area contributed by atoms with Gasteiger partial charge in [-0.2, -0.15) is 0 Å². The number of anilines is 1. The first kappa shape index (κ1) is 16.5. The maximum Gasteiger partial charge on any atom is 0.338 e. The van der Waals surface area contributed by atoms with Crippen molar-refractivity contribution in [2.45, 2.75) is 19.9 Å². The molecule has 1 aromatic carbocycles. The van der Waals surface area contributed by atoms with Crippen molar-refractivity contribution in [3.05, 3.63) is 59.9 Å². The van der Waals surface area contributed by atoms with Crippen molar-refractivity contribution in [2.75, 3.05) is 11.9 Å². The molecule has 0 spiro atoms. The number of ether oxygens (including phenoxy) is 1. The van der Waals surface area contributed by atoms with Crippen LogP contribution in [-0.2, 0) is 4.74 Å². The lowest BCUT2D eigenvalue weighted by Gasteiger charge is -2.15. The van der Waals surface area contributed by atoms with Gasteiger partial charge in [0, 0.05) is 18.1 Å². The second-order valence-corrected chi connectivity index (χ2v) is 4.90. The van der Waals surface area contributed by atoms with Crippen molar-refractivity contribution in [2.24, 2.45) is 0 Å². The molecule has 1 atom stereocenters. The van der Waals surface area contributed by atoms with Gasteiger partial charge < -0.3 is 15.4 Å². The third-order valence-corrected chi connectivity index (χ3v) is 3.21. The van der Waals surface area contributed by atoms with Gasteiger partial charge in [0.1, 0.15) is 0 Å². The Kier molecular flexibility index (Phi) is 5.68. The van der Waals surface area contributed by atoms with E-state index in [4.69, 9.17) is 4.74 Å². The van der Waals surface area contributed by atoms with Gasteiger partial charge in [-0.3, -0.25) is 4.98 Å². The normalized spacial score (nSPS) is 11.4. The third kappa shape index (κ3) is 4.81. The molecule has 2 rings (SSSR count). The summed E-state index contributed by atoms with van der Waals surface area (Å²) in [7, 11) is 0. The second kappa shape index (κ2) is 7.93. The van der Waals surface area contributed by atoms with E-state index >= 15 is 0 Å². The molecule has 0 saturated carbocycles. The summed E-state index contributed by atoms with van der Waals surface area (Å²) in [5, 5.41) is 5.56. The molecule has 6 nitrogen and oxygen atoms in total. The van der Waals surface area contributed by atoms with Crippen molar-refractivity contribution in [1.29, 1.82) is 0 Å². The second-order valence-electron chi connectivity index (χ2n) is 4.90. The lowest BCUT2D eigenvalue weighted by atomic mass is 10.1. The Balaban J connectivity index is 1.91. The molecule has 1 aromatic heterocycles. The molecule has 0 radical (unpaired) electrons. The van der Waals surface area contributed by atoms with Crippen molar-refractivity contribution < 1.29 is 14.3 Å². The number of aromatic nitrogens is 1. The van der Waals surface area contributed by atoms with Gasteiger partial charge in [-0.1, -0.05) is 0 Å². The van der Waals surface area contributed by atoms with Crippen LogP contribution in [-0.4, -0.2) is 23.6 Å². The monoisotopic (exact) mass is 313 g/mol. The van der Waals surface area contributed by atoms with Crippen LogP contribution in [0, 0.1) is 0 Å². The predicted molar refractivity (Wildman–Crippen MR) is 87.2 cm³/mol. The highest BCUT2D eigenvalue weighted by atomic mass is 16.5. The molecule has 0 saturated heterocycles. The number of nitrogens with one attached hydrogen (secondary N) is 2. The standard InChI is InChI=1S/C17H19N3O3/c1-3-23-16(21)14-4-6-15(7-5-14)20-17(22)19-12(2)13-8-10-18-11-9-13/h4-12H,3H2,1-2H3,(H2,19,20,22). The number of hydrogen-bond donors (Lipinski definition) is 2. The number of carbonyl (C=O) groups excluding carboxylic acids is 2. The van der Waals surface area contributed by atoms with E-state index in [2.05, 4.69) is 15.6 Å².